The second-order valence-electron chi connectivity index (χ2n) is 3.68. The number of unbranched alkanes of at least 4 members (excludes halogenated alkanes) is 1. The van der Waals surface area contributed by atoms with Crippen molar-refractivity contribution in [2.45, 2.75) is 25.4 Å². The van der Waals surface area contributed by atoms with Gasteiger partial charge in [-0.1, -0.05) is 0 Å². The van der Waals surface area contributed by atoms with Crippen molar-refractivity contribution in [1.82, 2.24) is 10.6 Å². The van der Waals surface area contributed by atoms with Crippen molar-refractivity contribution in [2.75, 3.05) is 32.8 Å². The van der Waals surface area contributed by atoms with Gasteiger partial charge in [0, 0.05) is 26.2 Å². The molecule has 1 aliphatic heterocycles. The third-order valence-corrected chi connectivity index (χ3v) is 2.32. The Labute approximate surface area is 90.2 Å². The van der Waals surface area contributed by atoms with E-state index >= 15 is 0 Å². The molecule has 15 heavy (non-hydrogen) atoms. The van der Waals surface area contributed by atoms with Gasteiger partial charge in [-0.3, -0.25) is 4.79 Å². The Balaban J connectivity index is 2.01. The number of morpholine rings is 1. The summed E-state index contributed by atoms with van der Waals surface area (Å²) in [6, 6.07) is 0. The van der Waals surface area contributed by atoms with E-state index in [0.29, 0.717) is 19.6 Å². The minimum atomic E-state index is 0.0107. The maximum absolute atomic E-state index is 11.4. The van der Waals surface area contributed by atoms with Crippen LogP contribution >= 0.6 is 0 Å². The molecular weight excluding hydrogens is 196 g/mol. The molecule has 1 atom stereocenters. The molecule has 0 spiro atoms. The topological polar surface area (TPSA) is 70.6 Å². The molecule has 5 heteroatoms. The zero-order valence-corrected chi connectivity index (χ0v) is 9.00. The first kappa shape index (κ1) is 12.4. The summed E-state index contributed by atoms with van der Waals surface area (Å²) in [7, 11) is 0. The monoisotopic (exact) mass is 216 g/mol. The third kappa shape index (κ3) is 5.71. The highest BCUT2D eigenvalue weighted by Gasteiger charge is 2.16. The summed E-state index contributed by atoms with van der Waals surface area (Å²) in [5.41, 5.74) is 0. The molecule has 1 heterocycles. The van der Waals surface area contributed by atoms with Crippen LogP contribution in [0.2, 0.25) is 0 Å². The van der Waals surface area contributed by atoms with Gasteiger partial charge < -0.3 is 20.5 Å². The lowest BCUT2D eigenvalue weighted by molar-refractivity contribution is -0.124. The van der Waals surface area contributed by atoms with Crippen LogP contribution in [0.4, 0.5) is 0 Å². The van der Waals surface area contributed by atoms with E-state index in [0.717, 1.165) is 25.9 Å². The van der Waals surface area contributed by atoms with Crippen molar-refractivity contribution in [3.8, 4) is 0 Å². The Bertz CT molecular complexity index is 182. The van der Waals surface area contributed by atoms with Crippen molar-refractivity contribution in [2.24, 2.45) is 0 Å². The van der Waals surface area contributed by atoms with E-state index in [1.54, 1.807) is 0 Å². The van der Waals surface area contributed by atoms with Crippen LogP contribution in [-0.4, -0.2) is 50.0 Å². The minimum absolute atomic E-state index is 0.0107. The molecule has 1 amide bonds. The Kier molecular flexibility index (Phi) is 6.31. The molecule has 1 saturated heterocycles. The molecule has 0 aromatic heterocycles. The van der Waals surface area contributed by atoms with Gasteiger partial charge in [0.15, 0.2) is 0 Å². The molecular formula is C10H20N2O3. The van der Waals surface area contributed by atoms with E-state index in [9.17, 15) is 4.79 Å². The van der Waals surface area contributed by atoms with E-state index in [4.69, 9.17) is 9.84 Å². The Hall–Kier alpha value is -0.650. The smallest absolute Gasteiger partial charge is 0.222 e. The number of carbonyl (C=O) groups excluding carboxylic acids is 1. The molecule has 0 aliphatic carbocycles. The van der Waals surface area contributed by atoms with Gasteiger partial charge in [0.05, 0.1) is 19.1 Å². The highest BCUT2D eigenvalue weighted by molar-refractivity contribution is 5.76. The molecule has 1 unspecified atom stereocenters. The molecule has 1 aliphatic rings. The normalized spacial score (nSPS) is 21.3. The standard InChI is InChI=1S/C10H20N2O3/c13-5-2-1-3-12-10(14)7-9-8-11-4-6-15-9/h9,11,13H,1-8H2,(H,12,14). The minimum Gasteiger partial charge on any atom is -0.396 e. The quantitative estimate of drug-likeness (QED) is 0.511. The fourth-order valence-electron chi connectivity index (χ4n) is 1.49. The van der Waals surface area contributed by atoms with Gasteiger partial charge in [-0.2, -0.15) is 0 Å². The molecule has 0 radical (unpaired) electrons. The molecule has 1 rings (SSSR count). The fourth-order valence-corrected chi connectivity index (χ4v) is 1.49. The van der Waals surface area contributed by atoms with E-state index in [-0.39, 0.29) is 18.6 Å². The lowest BCUT2D eigenvalue weighted by atomic mass is 10.2. The Morgan fingerprint density at radius 2 is 2.40 bits per heavy atom. The summed E-state index contributed by atoms with van der Waals surface area (Å²) in [6.07, 6.45) is 2.00. The fraction of sp³-hybridized carbons (Fsp3) is 0.900. The second-order valence-corrected chi connectivity index (χ2v) is 3.68. The van der Waals surface area contributed by atoms with Gasteiger partial charge in [0.2, 0.25) is 5.91 Å². The van der Waals surface area contributed by atoms with E-state index in [2.05, 4.69) is 10.6 Å². The number of carbonyl (C=O) groups is 1. The summed E-state index contributed by atoms with van der Waals surface area (Å²) in [4.78, 5) is 11.4. The highest BCUT2D eigenvalue weighted by Crippen LogP contribution is 2.00. The lowest BCUT2D eigenvalue weighted by Crippen LogP contribution is -2.41. The van der Waals surface area contributed by atoms with Crippen molar-refractivity contribution < 1.29 is 14.6 Å². The first-order valence-corrected chi connectivity index (χ1v) is 5.53. The van der Waals surface area contributed by atoms with Gasteiger partial charge in [0.25, 0.3) is 0 Å². The number of hydrogen-bond acceptors (Lipinski definition) is 4. The predicted octanol–water partition coefficient (Wildman–Crippen LogP) is -0.746. The van der Waals surface area contributed by atoms with Crippen LogP contribution in [-0.2, 0) is 9.53 Å². The number of ether oxygens (including phenoxy) is 1. The highest BCUT2D eigenvalue weighted by atomic mass is 16.5. The van der Waals surface area contributed by atoms with Crippen LogP contribution in [0.25, 0.3) is 0 Å². The van der Waals surface area contributed by atoms with E-state index in [1.807, 2.05) is 0 Å². The number of hydrogen-bond donors (Lipinski definition) is 3. The predicted molar refractivity (Wildman–Crippen MR) is 56.6 cm³/mol. The number of rotatable bonds is 6. The second kappa shape index (κ2) is 7.62. The average molecular weight is 216 g/mol. The average Bonchev–Trinajstić information content (AvgIpc) is 2.26. The van der Waals surface area contributed by atoms with Crippen molar-refractivity contribution in [3.05, 3.63) is 0 Å². The summed E-state index contributed by atoms with van der Waals surface area (Å²) in [6.45, 7) is 3.13. The largest absolute Gasteiger partial charge is 0.396 e. The number of amides is 1. The summed E-state index contributed by atoms with van der Waals surface area (Å²) >= 11 is 0. The summed E-state index contributed by atoms with van der Waals surface area (Å²) in [5.74, 6) is 0.0293. The number of aliphatic hydroxyl groups is 1. The molecule has 0 aromatic carbocycles. The molecule has 1 fully saturated rings. The molecule has 0 bridgehead atoms. The number of nitrogens with one attached hydrogen (secondary N) is 2. The van der Waals surface area contributed by atoms with Gasteiger partial charge >= 0.3 is 0 Å². The number of aliphatic hydroxyl groups excluding tert-OH is 1. The van der Waals surface area contributed by atoms with Crippen LogP contribution in [0.15, 0.2) is 0 Å². The molecule has 5 nitrogen and oxygen atoms in total. The maximum Gasteiger partial charge on any atom is 0.222 e. The van der Waals surface area contributed by atoms with Crippen molar-refractivity contribution in [3.63, 3.8) is 0 Å². The lowest BCUT2D eigenvalue weighted by Gasteiger charge is -2.23. The SMILES string of the molecule is O=C(CC1CNCCO1)NCCCCO. The van der Waals surface area contributed by atoms with Gasteiger partial charge in [-0.25, -0.2) is 0 Å². The van der Waals surface area contributed by atoms with Crippen LogP contribution in [0.5, 0.6) is 0 Å². The van der Waals surface area contributed by atoms with Crippen LogP contribution in [0.1, 0.15) is 19.3 Å². The van der Waals surface area contributed by atoms with Crippen LogP contribution in [0.3, 0.4) is 0 Å². The summed E-state index contributed by atoms with van der Waals surface area (Å²) < 4.78 is 5.41. The van der Waals surface area contributed by atoms with E-state index in [1.165, 1.54) is 0 Å². The van der Waals surface area contributed by atoms with Gasteiger partial charge in [-0.15, -0.1) is 0 Å². The molecule has 0 aromatic rings. The first-order valence-electron chi connectivity index (χ1n) is 5.53. The van der Waals surface area contributed by atoms with Gasteiger partial charge in [0.1, 0.15) is 0 Å². The third-order valence-electron chi connectivity index (χ3n) is 2.32. The molecule has 0 saturated carbocycles. The summed E-state index contributed by atoms with van der Waals surface area (Å²) in [5, 5.41) is 14.5. The van der Waals surface area contributed by atoms with Crippen LogP contribution < -0.4 is 10.6 Å². The Morgan fingerprint density at radius 3 is 3.07 bits per heavy atom. The molecule has 88 valence electrons. The van der Waals surface area contributed by atoms with E-state index < -0.39 is 0 Å². The zero-order valence-electron chi connectivity index (χ0n) is 9.00. The van der Waals surface area contributed by atoms with Crippen LogP contribution in [0, 0.1) is 0 Å². The Morgan fingerprint density at radius 1 is 1.53 bits per heavy atom. The van der Waals surface area contributed by atoms with Crippen molar-refractivity contribution in [1.29, 1.82) is 0 Å². The van der Waals surface area contributed by atoms with Crippen molar-refractivity contribution >= 4 is 5.91 Å². The maximum atomic E-state index is 11.4. The van der Waals surface area contributed by atoms with Gasteiger partial charge in [-0.05, 0) is 12.8 Å². The zero-order chi connectivity index (χ0) is 10.9. The first-order chi connectivity index (χ1) is 7.33. The molecule has 3 N–H and O–H groups in total.